The molecule has 0 saturated carbocycles. The van der Waals surface area contributed by atoms with Gasteiger partial charge in [0.25, 0.3) is 0 Å². The van der Waals surface area contributed by atoms with E-state index in [1.807, 2.05) is 18.2 Å². The fraction of sp³-hybridized carbons (Fsp3) is 0.429. The van der Waals surface area contributed by atoms with Crippen LogP contribution in [0, 0.1) is 0 Å². The normalized spacial score (nSPS) is 17.3. The molecule has 0 amide bonds. The van der Waals surface area contributed by atoms with Gasteiger partial charge in [0, 0.05) is 37.5 Å². The summed E-state index contributed by atoms with van der Waals surface area (Å²) in [6.07, 6.45) is 0.709. The van der Waals surface area contributed by atoms with Crippen LogP contribution in [0.5, 0.6) is 0 Å². The molecule has 25 heavy (non-hydrogen) atoms. The first kappa shape index (κ1) is 17.9. The lowest BCUT2D eigenvalue weighted by Gasteiger charge is -2.29. The lowest BCUT2D eigenvalue weighted by Crippen LogP contribution is -2.36. The number of nitrogens with zero attached hydrogens (tertiary/aromatic N) is 1. The summed E-state index contributed by atoms with van der Waals surface area (Å²) in [7, 11) is 0. The van der Waals surface area contributed by atoms with Crippen molar-refractivity contribution in [1.82, 2.24) is 5.32 Å². The van der Waals surface area contributed by atoms with Crippen LogP contribution in [0.2, 0.25) is 0 Å². The van der Waals surface area contributed by atoms with Crippen molar-refractivity contribution in [3.63, 3.8) is 0 Å². The summed E-state index contributed by atoms with van der Waals surface area (Å²) in [4.78, 5) is 2.36. The maximum Gasteiger partial charge on any atom is 0.0642 e. The first-order valence-corrected chi connectivity index (χ1v) is 9.12. The van der Waals surface area contributed by atoms with Crippen LogP contribution < -0.4 is 10.2 Å². The molecule has 2 aromatic carbocycles. The molecule has 0 bridgehead atoms. The van der Waals surface area contributed by atoms with Gasteiger partial charge in [0.2, 0.25) is 0 Å². The largest absolute Gasteiger partial charge is 0.396 e. The van der Waals surface area contributed by atoms with Gasteiger partial charge in [-0.05, 0) is 36.6 Å². The van der Waals surface area contributed by atoms with Gasteiger partial charge in [-0.3, -0.25) is 0 Å². The van der Waals surface area contributed by atoms with E-state index < -0.39 is 0 Å². The van der Waals surface area contributed by atoms with Crippen molar-refractivity contribution >= 4 is 5.69 Å². The summed E-state index contributed by atoms with van der Waals surface area (Å²) in [5.41, 5.74) is 3.73. The van der Waals surface area contributed by atoms with Crippen molar-refractivity contribution in [2.45, 2.75) is 25.4 Å². The molecule has 4 nitrogen and oxygen atoms in total. The van der Waals surface area contributed by atoms with Crippen molar-refractivity contribution < 1.29 is 9.84 Å². The van der Waals surface area contributed by atoms with E-state index in [0.717, 1.165) is 26.3 Å². The molecule has 0 radical (unpaired) electrons. The molecule has 1 fully saturated rings. The first-order valence-electron chi connectivity index (χ1n) is 9.12. The molecule has 0 spiro atoms. The molecule has 1 unspecified atom stereocenters. The van der Waals surface area contributed by atoms with Gasteiger partial charge >= 0.3 is 0 Å². The molecule has 4 heteroatoms. The molecule has 1 saturated heterocycles. The number of aliphatic hydroxyl groups excluding tert-OH is 1. The summed E-state index contributed by atoms with van der Waals surface area (Å²) in [5.74, 6) is 0. The highest BCUT2D eigenvalue weighted by atomic mass is 16.5. The Hall–Kier alpha value is -1.88. The molecule has 2 N–H and O–H groups in total. The van der Waals surface area contributed by atoms with Crippen molar-refractivity contribution in [2.75, 3.05) is 37.8 Å². The average molecular weight is 340 g/mol. The molecule has 2 aromatic rings. The molecule has 1 aliphatic heterocycles. The van der Waals surface area contributed by atoms with Crippen molar-refractivity contribution in [2.24, 2.45) is 0 Å². The monoisotopic (exact) mass is 340 g/mol. The van der Waals surface area contributed by atoms with Gasteiger partial charge in [-0.15, -0.1) is 0 Å². The minimum atomic E-state index is 0.153. The van der Waals surface area contributed by atoms with Gasteiger partial charge in [0.05, 0.1) is 13.2 Å². The number of hydrogen-bond donors (Lipinski definition) is 2. The Morgan fingerprint density at radius 3 is 2.32 bits per heavy atom. The number of hydrogen-bond acceptors (Lipinski definition) is 4. The summed E-state index contributed by atoms with van der Waals surface area (Å²) in [6.45, 7) is 5.88. The third-order valence-corrected chi connectivity index (χ3v) is 4.84. The number of anilines is 1. The van der Waals surface area contributed by atoms with Crippen LogP contribution in [0.25, 0.3) is 0 Å². The minimum Gasteiger partial charge on any atom is -0.396 e. The number of benzene rings is 2. The molecule has 0 aliphatic carbocycles. The molecular weight excluding hydrogens is 312 g/mol. The Bertz CT molecular complexity index is 624. The van der Waals surface area contributed by atoms with Crippen LogP contribution in [0.3, 0.4) is 0 Å². The van der Waals surface area contributed by atoms with Crippen LogP contribution in [0.4, 0.5) is 5.69 Å². The smallest absolute Gasteiger partial charge is 0.0642 e. The lowest BCUT2D eigenvalue weighted by atomic mass is 10.0. The Labute approximate surface area is 150 Å². The van der Waals surface area contributed by atoms with E-state index >= 15 is 0 Å². The van der Waals surface area contributed by atoms with Crippen LogP contribution in [0.1, 0.15) is 36.6 Å². The zero-order valence-corrected chi connectivity index (χ0v) is 14.9. The van der Waals surface area contributed by atoms with E-state index in [-0.39, 0.29) is 18.7 Å². The molecule has 3 rings (SSSR count). The second-order valence-corrected chi connectivity index (χ2v) is 6.55. The maximum absolute atomic E-state index is 9.41. The van der Waals surface area contributed by atoms with E-state index in [4.69, 9.17) is 4.74 Å². The summed E-state index contributed by atoms with van der Waals surface area (Å²) >= 11 is 0. The van der Waals surface area contributed by atoms with E-state index in [9.17, 15) is 5.11 Å². The van der Waals surface area contributed by atoms with Gasteiger partial charge < -0.3 is 20.1 Å². The van der Waals surface area contributed by atoms with E-state index in [1.165, 1.54) is 16.8 Å². The van der Waals surface area contributed by atoms with Gasteiger partial charge in [0.1, 0.15) is 0 Å². The Balaban J connectivity index is 1.66. The van der Waals surface area contributed by atoms with E-state index in [2.05, 4.69) is 53.5 Å². The van der Waals surface area contributed by atoms with Gasteiger partial charge in [0.15, 0.2) is 0 Å². The lowest BCUT2D eigenvalue weighted by molar-refractivity contribution is 0.122. The zero-order chi connectivity index (χ0) is 17.5. The predicted molar refractivity (Wildman–Crippen MR) is 102 cm³/mol. The van der Waals surface area contributed by atoms with Gasteiger partial charge in [-0.2, -0.15) is 0 Å². The molecule has 134 valence electrons. The number of aliphatic hydroxyl groups is 1. The zero-order valence-electron chi connectivity index (χ0n) is 14.9. The molecule has 1 aliphatic rings. The number of morpholine rings is 1. The van der Waals surface area contributed by atoms with Gasteiger partial charge in [-0.25, -0.2) is 0 Å². The summed E-state index contributed by atoms with van der Waals surface area (Å²) in [6, 6.07) is 19.5. The maximum atomic E-state index is 9.41. The van der Waals surface area contributed by atoms with Crippen LogP contribution in [-0.2, 0) is 4.74 Å². The number of nitrogens with one attached hydrogen (secondary N) is 1. The topological polar surface area (TPSA) is 44.7 Å². The SMILES string of the molecule is CC(N[C@H](CCO)c1ccccc1)c1ccc(N2CCOCC2)cc1. The van der Waals surface area contributed by atoms with Crippen LogP contribution in [-0.4, -0.2) is 38.0 Å². The van der Waals surface area contributed by atoms with Crippen LogP contribution >= 0.6 is 0 Å². The van der Waals surface area contributed by atoms with Crippen molar-refractivity contribution in [3.05, 3.63) is 65.7 Å². The summed E-state index contributed by atoms with van der Waals surface area (Å²) in [5, 5.41) is 13.1. The Kier molecular flexibility index (Phi) is 6.45. The van der Waals surface area contributed by atoms with E-state index in [1.54, 1.807) is 0 Å². The Morgan fingerprint density at radius 1 is 1.00 bits per heavy atom. The average Bonchev–Trinajstić information content (AvgIpc) is 2.69. The molecule has 2 atom stereocenters. The quantitative estimate of drug-likeness (QED) is 0.812. The third-order valence-electron chi connectivity index (χ3n) is 4.84. The molecular formula is C21H28N2O2. The Morgan fingerprint density at radius 2 is 1.68 bits per heavy atom. The van der Waals surface area contributed by atoms with Gasteiger partial charge in [-0.1, -0.05) is 42.5 Å². The summed E-state index contributed by atoms with van der Waals surface area (Å²) < 4.78 is 5.42. The predicted octanol–water partition coefficient (Wildman–Crippen LogP) is 3.30. The fourth-order valence-electron chi connectivity index (χ4n) is 3.35. The van der Waals surface area contributed by atoms with Crippen LogP contribution in [0.15, 0.2) is 54.6 Å². The highest BCUT2D eigenvalue weighted by Gasteiger charge is 2.16. The molecule has 1 heterocycles. The minimum absolute atomic E-state index is 0.153. The first-order chi connectivity index (χ1) is 12.3. The highest BCUT2D eigenvalue weighted by molar-refractivity contribution is 5.48. The third kappa shape index (κ3) is 4.82. The second-order valence-electron chi connectivity index (χ2n) is 6.55. The van der Waals surface area contributed by atoms with Crippen molar-refractivity contribution in [1.29, 1.82) is 0 Å². The molecule has 0 aromatic heterocycles. The van der Waals surface area contributed by atoms with Crippen molar-refractivity contribution in [3.8, 4) is 0 Å². The highest BCUT2D eigenvalue weighted by Crippen LogP contribution is 2.24. The number of ether oxygens (including phenoxy) is 1. The fourth-order valence-corrected chi connectivity index (χ4v) is 3.35. The van der Waals surface area contributed by atoms with E-state index in [0.29, 0.717) is 6.42 Å². The number of rotatable bonds is 7. The second kappa shape index (κ2) is 8.99. The standard InChI is InChI=1S/C21H28N2O2/c1-17(22-21(11-14-24)19-5-3-2-4-6-19)18-7-9-20(10-8-18)23-12-15-25-16-13-23/h2-10,17,21-22,24H,11-16H2,1H3/t17?,21-/m1/s1.